The van der Waals surface area contributed by atoms with Crippen molar-refractivity contribution in [3.63, 3.8) is 0 Å². The van der Waals surface area contributed by atoms with E-state index in [1.807, 2.05) is 32.4 Å². The molecule has 0 aliphatic rings. The number of aromatic nitrogens is 5. The van der Waals surface area contributed by atoms with Crippen LogP contribution >= 0.6 is 0 Å². The minimum Gasteiger partial charge on any atom is -0.373 e. The van der Waals surface area contributed by atoms with Crippen LogP contribution in [0.3, 0.4) is 0 Å². The molecule has 2 N–H and O–H groups in total. The van der Waals surface area contributed by atoms with E-state index in [2.05, 4.69) is 25.4 Å². The number of rotatable bonds is 2. The second-order valence-corrected chi connectivity index (χ2v) is 3.81. The van der Waals surface area contributed by atoms with Gasteiger partial charge in [0, 0.05) is 20.3 Å². The van der Waals surface area contributed by atoms with Crippen molar-refractivity contribution in [1.82, 2.24) is 24.7 Å². The molecule has 17 heavy (non-hydrogen) atoms. The van der Waals surface area contributed by atoms with Gasteiger partial charge in [-0.25, -0.2) is 9.97 Å². The third-order valence-corrected chi connectivity index (χ3v) is 2.58. The van der Waals surface area contributed by atoms with E-state index in [-0.39, 0.29) is 0 Å². The first-order valence-electron chi connectivity index (χ1n) is 5.30. The number of nitrogens with zero attached hydrogens (tertiary/aromatic N) is 4. The highest BCUT2D eigenvalue weighted by Crippen LogP contribution is 2.19. The Bertz CT molecular complexity index is 665. The van der Waals surface area contributed by atoms with Crippen molar-refractivity contribution in [3.05, 3.63) is 24.5 Å². The van der Waals surface area contributed by atoms with Gasteiger partial charge in [0.1, 0.15) is 11.6 Å². The second-order valence-electron chi connectivity index (χ2n) is 3.81. The van der Waals surface area contributed by atoms with Gasteiger partial charge in [-0.05, 0) is 12.1 Å². The average molecular weight is 228 g/mol. The summed E-state index contributed by atoms with van der Waals surface area (Å²) in [4.78, 5) is 12.0. The fraction of sp³-hybridized carbons (Fsp3) is 0.182. The molecule has 6 heteroatoms. The third-order valence-electron chi connectivity index (χ3n) is 2.58. The Morgan fingerprint density at radius 2 is 2.18 bits per heavy atom. The van der Waals surface area contributed by atoms with Gasteiger partial charge >= 0.3 is 0 Å². The van der Waals surface area contributed by atoms with Gasteiger partial charge in [-0.2, -0.15) is 5.10 Å². The van der Waals surface area contributed by atoms with E-state index >= 15 is 0 Å². The summed E-state index contributed by atoms with van der Waals surface area (Å²) in [7, 11) is 3.71. The molecule has 0 spiro atoms. The molecule has 3 aromatic rings. The van der Waals surface area contributed by atoms with Gasteiger partial charge in [-0.15, -0.1) is 0 Å². The van der Waals surface area contributed by atoms with Gasteiger partial charge in [0.25, 0.3) is 0 Å². The lowest BCUT2D eigenvalue weighted by molar-refractivity contribution is 0.768. The Morgan fingerprint density at radius 3 is 2.88 bits per heavy atom. The molecule has 0 aliphatic heterocycles. The first-order chi connectivity index (χ1) is 8.26. The molecule has 0 aliphatic carbocycles. The molecule has 0 radical (unpaired) electrons. The van der Waals surface area contributed by atoms with Crippen LogP contribution < -0.4 is 5.32 Å². The number of imidazole rings is 1. The van der Waals surface area contributed by atoms with E-state index in [4.69, 9.17) is 0 Å². The number of nitrogens with one attached hydrogen (secondary N) is 2. The molecule has 0 atom stereocenters. The van der Waals surface area contributed by atoms with Crippen molar-refractivity contribution in [2.75, 3.05) is 12.4 Å². The molecule has 0 amide bonds. The van der Waals surface area contributed by atoms with E-state index < -0.39 is 0 Å². The summed E-state index contributed by atoms with van der Waals surface area (Å²) in [6.45, 7) is 0. The summed E-state index contributed by atoms with van der Waals surface area (Å²) in [5.41, 5.74) is 2.58. The van der Waals surface area contributed by atoms with Crippen LogP contribution in [0.4, 0.5) is 5.82 Å². The number of aromatic amines is 1. The highest BCUT2D eigenvalue weighted by Gasteiger charge is 2.08. The van der Waals surface area contributed by atoms with E-state index in [0.29, 0.717) is 5.65 Å². The molecule has 0 fully saturated rings. The van der Waals surface area contributed by atoms with Crippen LogP contribution in [0.25, 0.3) is 22.6 Å². The largest absolute Gasteiger partial charge is 0.373 e. The lowest BCUT2D eigenvalue weighted by Gasteiger charge is -1.95. The summed E-state index contributed by atoms with van der Waals surface area (Å²) in [5.74, 6) is 1.59. The molecule has 3 rings (SSSR count). The van der Waals surface area contributed by atoms with Crippen LogP contribution in [0, 0.1) is 0 Å². The maximum atomic E-state index is 4.44. The van der Waals surface area contributed by atoms with E-state index in [9.17, 15) is 0 Å². The van der Waals surface area contributed by atoms with E-state index in [0.717, 1.165) is 22.7 Å². The highest BCUT2D eigenvalue weighted by molar-refractivity contribution is 5.77. The molecular weight excluding hydrogens is 216 g/mol. The first kappa shape index (κ1) is 9.83. The minimum atomic E-state index is 0.704. The summed E-state index contributed by atoms with van der Waals surface area (Å²) in [5, 5.41) is 7.11. The number of aryl methyl sites for hydroxylation is 1. The van der Waals surface area contributed by atoms with Crippen molar-refractivity contribution in [1.29, 1.82) is 0 Å². The third kappa shape index (κ3) is 1.63. The fourth-order valence-corrected chi connectivity index (χ4v) is 1.71. The Kier molecular flexibility index (Phi) is 2.07. The fourth-order valence-electron chi connectivity index (χ4n) is 1.71. The van der Waals surface area contributed by atoms with Gasteiger partial charge in [0.15, 0.2) is 5.65 Å². The lowest BCUT2D eigenvalue weighted by Crippen LogP contribution is -1.91. The number of anilines is 1. The van der Waals surface area contributed by atoms with Crippen LogP contribution in [-0.2, 0) is 7.05 Å². The Balaban J connectivity index is 2.13. The predicted octanol–water partition coefficient (Wildman–Crippen LogP) is 1.40. The molecule has 0 saturated heterocycles. The Morgan fingerprint density at radius 1 is 1.29 bits per heavy atom. The number of pyridine rings is 1. The minimum absolute atomic E-state index is 0.704. The zero-order valence-corrected chi connectivity index (χ0v) is 9.60. The van der Waals surface area contributed by atoms with Crippen LogP contribution in [0.1, 0.15) is 0 Å². The number of fused-ring (bicyclic) bond motifs is 1. The smallest absolute Gasteiger partial charge is 0.180 e. The molecule has 0 aromatic carbocycles. The zero-order valence-electron chi connectivity index (χ0n) is 9.60. The summed E-state index contributed by atoms with van der Waals surface area (Å²) < 4.78 is 1.75. The maximum absolute atomic E-state index is 4.44. The van der Waals surface area contributed by atoms with Gasteiger partial charge in [0.2, 0.25) is 0 Å². The number of hydrogen-bond acceptors (Lipinski definition) is 4. The topological polar surface area (TPSA) is 71.4 Å². The second kappa shape index (κ2) is 3.58. The van der Waals surface area contributed by atoms with Crippen molar-refractivity contribution in [3.8, 4) is 11.4 Å². The molecule has 3 aromatic heterocycles. The van der Waals surface area contributed by atoms with Crippen molar-refractivity contribution >= 4 is 17.0 Å². The molecule has 86 valence electrons. The van der Waals surface area contributed by atoms with Gasteiger partial charge in [-0.3, -0.25) is 4.68 Å². The van der Waals surface area contributed by atoms with Gasteiger partial charge < -0.3 is 10.3 Å². The monoisotopic (exact) mass is 228 g/mol. The van der Waals surface area contributed by atoms with Crippen LogP contribution in [-0.4, -0.2) is 31.8 Å². The SMILES string of the molecule is CNc1ccc2[nH]c(-c3cnn(C)c3)nc2n1. The molecule has 6 nitrogen and oxygen atoms in total. The summed E-state index contributed by atoms with van der Waals surface area (Å²) in [6.07, 6.45) is 3.69. The van der Waals surface area contributed by atoms with Crippen LogP contribution in [0.15, 0.2) is 24.5 Å². The van der Waals surface area contributed by atoms with Gasteiger partial charge in [0.05, 0.1) is 17.3 Å². The maximum Gasteiger partial charge on any atom is 0.180 e. The zero-order chi connectivity index (χ0) is 11.8. The lowest BCUT2D eigenvalue weighted by atomic mass is 10.3. The molecule has 0 unspecified atom stereocenters. The van der Waals surface area contributed by atoms with E-state index in [1.165, 1.54) is 0 Å². The standard InChI is InChI=1S/C11H12N6/c1-12-9-4-3-8-11(15-9)16-10(14-8)7-5-13-17(2)6-7/h3-6H,1-2H3,(H2,12,14,15,16). The van der Waals surface area contributed by atoms with Crippen molar-refractivity contribution in [2.45, 2.75) is 0 Å². The molecule has 0 bridgehead atoms. The van der Waals surface area contributed by atoms with Gasteiger partial charge in [-0.1, -0.05) is 0 Å². The normalized spacial score (nSPS) is 10.9. The number of H-pyrrole nitrogens is 1. The molecular formula is C11H12N6. The molecule has 3 heterocycles. The van der Waals surface area contributed by atoms with Crippen LogP contribution in [0.2, 0.25) is 0 Å². The quantitative estimate of drug-likeness (QED) is 0.695. The molecule has 0 saturated carbocycles. The van der Waals surface area contributed by atoms with Crippen LogP contribution in [0.5, 0.6) is 0 Å². The average Bonchev–Trinajstić information content (AvgIpc) is 2.93. The Labute approximate surface area is 97.7 Å². The van der Waals surface area contributed by atoms with Crippen molar-refractivity contribution < 1.29 is 0 Å². The summed E-state index contributed by atoms with van der Waals surface area (Å²) >= 11 is 0. The summed E-state index contributed by atoms with van der Waals surface area (Å²) in [6, 6.07) is 3.87. The van der Waals surface area contributed by atoms with E-state index in [1.54, 1.807) is 10.9 Å². The predicted molar refractivity (Wildman–Crippen MR) is 65.6 cm³/mol. The highest BCUT2D eigenvalue weighted by atomic mass is 15.2. The Hall–Kier alpha value is -2.37. The first-order valence-corrected chi connectivity index (χ1v) is 5.30. The van der Waals surface area contributed by atoms with Crippen molar-refractivity contribution in [2.24, 2.45) is 7.05 Å². The number of hydrogen-bond donors (Lipinski definition) is 2.